The molecule has 13 heteroatoms. The number of carbonyl (C=O) groups is 5. The standard InChI is InChI=1S/C20H28N4O8S/c1-10(22-18(29)13(21)8-11-2-4-12(25)5-3-11)17(28)23-14(6-7-16(26)27)19(30)24-15(9-33)20(31)32/h2-5,10,13-15,25,33H,6-9,21H2,1H3,(H,22,29)(H,23,28)(H,24,30)(H,26,27)(H,31,32). The predicted octanol–water partition coefficient (Wildman–Crippen LogP) is -1.38. The number of thiol groups is 1. The Morgan fingerprint density at radius 2 is 1.52 bits per heavy atom. The summed E-state index contributed by atoms with van der Waals surface area (Å²) in [6.45, 7) is 1.35. The van der Waals surface area contributed by atoms with Gasteiger partial charge in [-0.1, -0.05) is 12.1 Å². The van der Waals surface area contributed by atoms with Gasteiger partial charge in [-0.05, 0) is 37.5 Å². The molecule has 0 saturated carbocycles. The number of nitrogens with two attached hydrogens (primary N) is 1. The van der Waals surface area contributed by atoms with Crippen molar-refractivity contribution in [3.05, 3.63) is 29.8 Å². The largest absolute Gasteiger partial charge is 0.508 e. The first-order valence-corrected chi connectivity index (χ1v) is 10.6. The van der Waals surface area contributed by atoms with E-state index in [2.05, 4.69) is 28.6 Å². The lowest BCUT2D eigenvalue weighted by molar-refractivity contribution is -0.142. The van der Waals surface area contributed by atoms with Crippen LogP contribution < -0.4 is 21.7 Å². The van der Waals surface area contributed by atoms with Crippen molar-refractivity contribution >= 4 is 42.3 Å². The van der Waals surface area contributed by atoms with Gasteiger partial charge in [0.2, 0.25) is 17.7 Å². The van der Waals surface area contributed by atoms with Crippen molar-refractivity contribution in [1.82, 2.24) is 16.0 Å². The van der Waals surface area contributed by atoms with Crippen LogP contribution in [0.4, 0.5) is 0 Å². The Labute approximate surface area is 195 Å². The van der Waals surface area contributed by atoms with E-state index in [9.17, 15) is 29.1 Å². The van der Waals surface area contributed by atoms with E-state index in [1.165, 1.54) is 19.1 Å². The predicted molar refractivity (Wildman–Crippen MR) is 120 cm³/mol. The summed E-state index contributed by atoms with van der Waals surface area (Å²) in [6, 6.07) is 1.28. The van der Waals surface area contributed by atoms with Crippen LogP contribution in [0.15, 0.2) is 24.3 Å². The number of benzene rings is 1. The molecule has 1 rings (SSSR count). The van der Waals surface area contributed by atoms with Crippen LogP contribution in [0.2, 0.25) is 0 Å². The molecule has 0 aliphatic heterocycles. The first-order valence-electron chi connectivity index (χ1n) is 9.94. The van der Waals surface area contributed by atoms with E-state index in [0.717, 1.165) is 0 Å². The maximum Gasteiger partial charge on any atom is 0.327 e. The molecule has 1 aromatic carbocycles. The molecule has 1 aromatic rings. The Morgan fingerprint density at radius 3 is 2.03 bits per heavy atom. The SMILES string of the molecule is CC(NC(=O)C(N)Cc1ccc(O)cc1)C(=O)NC(CCC(=O)O)C(=O)NC(CS)C(=O)O. The normalized spacial score (nSPS) is 14.3. The number of carboxylic acids is 2. The van der Waals surface area contributed by atoms with Gasteiger partial charge in [-0.25, -0.2) is 4.79 Å². The Kier molecular flexibility index (Phi) is 11.2. The molecular weight excluding hydrogens is 456 g/mol. The molecule has 0 radical (unpaired) electrons. The summed E-state index contributed by atoms with van der Waals surface area (Å²) in [4.78, 5) is 59.2. The lowest BCUT2D eigenvalue weighted by atomic mass is 10.1. The molecule has 4 atom stereocenters. The number of nitrogens with one attached hydrogen (secondary N) is 3. The molecule has 33 heavy (non-hydrogen) atoms. The third kappa shape index (κ3) is 9.78. The molecule has 8 N–H and O–H groups in total. The van der Waals surface area contributed by atoms with Crippen LogP contribution in [-0.4, -0.2) is 74.9 Å². The Hall–Kier alpha value is -3.32. The van der Waals surface area contributed by atoms with Crippen LogP contribution in [-0.2, 0) is 30.4 Å². The van der Waals surface area contributed by atoms with Crippen LogP contribution in [0.1, 0.15) is 25.3 Å². The van der Waals surface area contributed by atoms with E-state index < -0.39 is 60.2 Å². The third-order valence-corrected chi connectivity index (χ3v) is 4.92. The second kappa shape index (κ2) is 13.3. The van der Waals surface area contributed by atoms with Gasteiger partial charge in [0.1, 0.15) is 23.9 Å². The van der Waals surface area contributed by atoms with E-state index in [4.69, 9.17) is 15.9 Å². The zero-order valence-electron chi connectivity index (χ0n) is 17.9. The zero-order valence-corrected chi connectivity index (χ0v) is 18.7. The third-order valence-electron chi connectivity index (χ3n) is 4.56. The average molecular weight is 485 g/mol. The lowest BCUT2D eigenvalue weighted by Crippen LogP contribution is -2.56. The van der Waals surface area contributed by atoms with Crippen LogP contribution in [0.5, 0.6) is 5.75 Å². The number of amides is 3. The highest BCUT2D eigenvalue weighted by Crippen LogP contribution is 2.11. The van der Waals surface area contributed by atoms with Crippen LogP contribution >= 0.6 is 12.6 Å². The molecular formula is C20H28N4O8S. The Balaban J connectivity index is 2.74. The lowest BCUT2D eigenvalue weighted by Gasteiger charge is -2.23. The topological polar surface area (TPSA) is 208 Å². The molecule has 0 saturated heterocycles. The molecule has 0 bridgehead atoms. The van der Waals surface area contributed by atoms with E-state index >= 15 is 0 Å². The molecule has 0 aliphatic carbocycles. The van der Waals surface area contributed by atoms with Gasteiger partial charge in [0.05, 0.1) is 6.04 Å². The van der Waals surface area contributed by atoms with Crippen LogP contribution in [0.25, 0.3) is 0 Å². The van der Waals surface area contributed by atoms with E-state index in [-0.39, 0.29) is 24.3 Å². The quantitative estimate of drug-likeness (QED) is 0.155. The molecule has 4 unspecified atom stereocenters. The van der Waals surface area contributed by atoms with Gasteiger partial charge in [-0.15, -0.1) is 0 Å². The number of hydrogen-bond acceptors (Lipinski definition) is 8. The van der Waals surface area contributed by atoms with Crippen molar-refractivity contribution in [2.75, 3.05) is 5.75 Å². The van der Waals surface area contributed by atoms with Crippen molar-refractivity contribution in [3.63, 3.8) is 0 Å². The fourth-order valence-corrected chi connectivity index (χ4v) is 2.90. The maximum atomic E-state index is 12.5. The smallest absolute Gasteiger partial charge is 0.327 e. The highest BCUT2D eigenvalue weighted by molar-refractivity contribution is 7.80. The zero-order chi connectivity index (χ0) is 25.1. The van der Waals surface area contributed by atoms with Crippen molar-refractivity contribution in [1.29, 1.82) is 0 Å². The molecule has 182 valence electrons. The van der Waals surface area contributed by atoms with E-state index in [0.29, 0.717) is 5.56 Å². The van der Waals surface area contributed by atoms with Gasteiger partial charge in [0, 0.05) is 12.2 Å². The fourth-order valence-electron chi connectivity index (χ4n) is 2.66. The summed E-state index contributed by atoms with van der Waals surface area (Å²) in [5.41, 5.74) is 6.56. The highest BCUT2D eigenvalue weighted by Gasteiger charge is 2.28. The highest BCUT2D eigenvalue weighted by atomic mass is 32.1. The molecule has 0 aromatic heterocycles. The monoisotopic (exact) mass is 484 g/mol. The summed E-state index contributed by atoms with van der Waals surface area (Å²) in [6.07, 6.45) is -0.619. The van der Waals surface area contributed by atoms with Crippen molar-refractivity contribution in [2.24, 2.45) is 5.73 Å². The van der Waals surface area contributed by atoms with Crippen LogP contribution in [0.3, 0.4) is 0 Å². The summed E-state index contributed by atoms with van der Waals surface area (Å²) < 4.78 is 0. The van der Waals surface area contributed by atoms with Crippen molar-refractivity contribution in [2.45, 2.75) is 50.4 Å². The number of rotatable bonds is 13. The number of aliphatic carboxylic acids is 2. The van der Waals surface area contributed by atoms with Gasteiger partial charge in [-0.3, -0.25) is 19.2 Å². The minimum Gasteiger partial charge on any atom is -0.508 e. The van der Waals surface area contributed by atoms with Crippen molar-refractivity contribution in [3.8, 4) is 5.75 Å². The molecule has 3 amide bonds. The minimum absolute atomic E-state index is 0.0626. The molecule has 0 fully saturated rings. The first kappa shape index (κ1) is 27.7. The van der Waals surface area contributed by atoms with E-state index in [1.807, 2.05) is 0 Å². The minimum atomic E-state index is -1.35. The molecule has 0 spiro atoms. The van der Waals surface area contributed by atoms with Gasteiger partial charge in [0.25, 0.3) is 0 Å². The summed E-state index contributed by atoms with van der Waals surface area (Å²) >= 11 is 3.83. The van der Waals surface area contributed by atoms with Gasteiger partial charge in [-0.2, -0.15) is 12.6 Å². The number of hydrogen-bond donors (Lipinski definition) is 8. The molecule has 0 heterocycles. The van der Waals surface area contributed by atoms with Gasteiger partial charge < -0.3 is 37.0 Å². The second-order valence-corrected chi connectivity index (χ2v) is 7.65. The summed E-state index contributed by atoms with van der Waals surface area (Å²) in [5.74, 6) is -5.04. The Bertz CT molecular complexity index is 864. The Morgan fingerprint density at radius 1 is 0.939 bits per heavy atom. The number of carbonyl (C=O) groups excluding carboxylic acids is 3. The number of phenolic OH excluding ortho intramolecular Hbond substituents is 1. The van der Waals surface area contributed by atoms with Gasteiger partial charge >= 0.3 is 11.9 Å². The summed E-state index contributed by atoms with van der Waals surface area (Å²) in [7, 11) is 0. The molecule has 0 aliphatic rings. The average Bonchev–Trinajstić information content (AvgIpc) is 2.75. The second-order valence-electron chi connectivity index (χ2n) is 7.28. The maximum absolute atomic E-state index is 12.5. The fraction of sp³-hybridized carbons (Fsp3) is 0.450. The number of carboxylic acid groups (broad SMARTS) is 2. The van der Waals surface area contributed by atoms with Crippen LogP contribution in [0, 0.1) is 0 Å². The van der Waals surface area contributed by atoms with Gasteiger partial charge in [0.15, 0.2) is 0 Å². The summed E-state index contributed by atoms with van der Waals surface area (Å²) in [5, 5.41) is 34.1. The number of aromatic hydroxyl groups is 1. The molecule has 12 nitrogen and oxygen atoms in total. The van der Waals surface area contributed by atoms with Crippen molar-refractivity contribution < 1.29 is 39.3 Å². The van der Waals surface area contributed by atoms with E-state index in [1.54, 1.807) is 12.1 Å². The first-order chi connectivity index (χ1) is 15.4. The number of phenols is 1.